The Morgan fingerprint density at radius 1 is 1.44 bits per heavy atom. The van der Waals surface area contributed by atoms with Gasteiger partial charge >= 0.3 is 0 Å². The van der Waals surface area contributed by atoms with Gasteiger partial charge in [-0.1, -0.05) is 0 Å². The zero-order chi connectivity index (χ0) is 11.5. The monoisotopic (exact) mass is 303 g/mol. The van der Waals surface area contributed by atoms with Crippen LogP contribution >= 0.6 is 27.3 Å². The number of hydrogen-bond acceptors (Lipinski definition) is 4. The van der Waals surface area contributed by atoms with Crippen LogP contribution in [0.25, 0.3) is 0 Å². The SMILES string of the molecule is CN1CCN(C(CN)c2sccc2Br)CC1. The Morgan fingerprint density at radius 2 is 2.12 bits per heavy atom. The smallest absolute Gasteiger partial charge is 0.0576 e. The summed E-state index contributed by atoms with van der Waals surface area (Å²) in [6.07, 6.45) is 0. The molecule has 0 aliphatic carbocycles. The average molecular weight is 304 g/mol. The lowest BCUT2D eigenvalue weighted by Crippen LogP contribution is -2.47. The van der Waals surface area contributed by atoms with Crippen molar-refractivity contribution in [3.05, 3.63) is 20.8 Å². The number of likely N-dealkylation sites (N-methyl/N-ethyl adjacent to an activating group) is 1. The molecule has 1 aromatic heterocycles. The molecule has 0 bridgehead atoms. The third-order valence-electron chi connectivity index (χ3n) is 3.15. The zero-order valence-electron chi connectivity index (χ0n) is 9.53. The van der Waals surface area contributed by atoms with E-state index in [0.717, 1.165) is 26.2 Å². The van der Waals surface area contributed by atoms with Gasteiger partial charge in [-0.2, -0.15) is 0 Å². The molecule has 16 heavy (non-hydrogen) atoms. The lowest BCUT2D eigenvalue weighted by Gasteiger charge is -2.37. The number of rotatable bonds is 3. The van der Waals surface area contributed by atoms with Gasteiger partial charge in [0.25, 0.3) is 0 Å². The van der Waals surface area contributed by atoms with Crippen molar-refractivity contribution in [3.8, 4) is 0 Å². The molecule has 0 spiro atoms. The predicted octanol–water partition coefficient (Wildman–Crippen LogP) is 1.76. The van der Waals surface area contributed by atoms with E-state index in [9.17, 15) is 0 Å². The van der Waals surface area contributed by atoms with E-state index in [2.05, 4.69) is 44.2 Å². The summed E-state index contributed by atoms with van der Waals surface area (Å²) in [6.45, 7) is 5.20. The Labute approximate surface area is 109 Å². The first kappa shape index (κ1) is 12.5. The molecule has 0 saturated carbocycles. The molecule has 2 N–H and O–H groups in total. The lowest BCUT2D eigenvalue weighted by molar-refractivity contribution is 0.116. The van der Waals surface area contributed by atoms with Gasteiger partial charge in [0.2, 0.25) is 0 Å². The van der Waals surface area contributed by atoms with Gasteiger partial charge in [-0.25, -0.2) is 0 Å². The summed E-state index contributed by atoms with van der Waals surface area (Å²) in [5.74, 6) is 0. The molecule has 1 saturated heterocycles. The Hall–Kier alpha value is 0.0600. The molecule has 0 radical (unpaired) electrons. The Bertz CT molecular complexity index is 334. The fourth-order valence-electron chi connectivity index (χ4n) is 2.10. The third kappa shape index (κ3) is 2.65. The van der Waals surface area contributed by atoms with E-state index < -0.39 is 0 Å². The second-order valence-electron chi connectivity index (χ2n) is 4.22. The highest BCUT2D eigenvalue weighted by Crippen LogP contribution is 2.32. The molecule has 90 valence electrons. The number of halogens is 1. The van der Waals surface area contributed by atoms with Gasteiger partial charge in [0.15, 0.2) is 0 Å². The maximum atomic E-state index is 5.93. The summed E-state index contributed by atoms with van der Waals surface area (Å²) in [6, 6.07) is 2.49. The van der Waals surface area contributed by atoms with Gasteiger partial charge < -0.3 is 10.6 Å². The largest absolute Gasteiger partial charge is 0.329 e. The van der Waals surface area contributed by atoms with Crippen LogP contribution in [0.3, 0.4) is 0 Å². The molecule has 1 aromatic rings. The van der Waals surface area contributed by atoms with E-state index in [1.54, 1.807) is 11.3 Å². The summed E-state index contributed by atoms with van der Waals surface area (Å²) in [5.41, 5.74) is 5.93. The molecule has 0 amide bonds. The van der Waals surface area contributed by atoms with Crippen LogP contribution in [0.4, 0.5) is 0 Å². The molecule has 1 unspecified atom stereocenters. The molecular formula is C11H18BrN3S. The molecule has 3 nitrogen and oxygen atoms in total. The van der Waals surface area contributed by atoms with Gasteiger partial charge in [-0.3, -0.25) is 4.90 Å². The lowest BCUT2D eigenvalue weighted by atomic mass is 10.2. The van der Waals surface area contributed by atoms with Gasteiger partial charge in [0.05, 0.1) is 6.04 Å². The van der Waals surface area contributed by atoms with Crippen molar-refractivity contribution in [1.82, 2.24) is 9.80 Å². The van der Waals surface area contributed by atoms with Crippen molar-refractivity contribution >= 4 is 27.3 Å². The first-order valence-corrected chi connectivity index (χ1v) is 7.25. The molecule has 1 aliphatic rings. The minimum Gasteiger partial charge on any atom is -0.329 e. The van der Waals surface area contributed by atoms with Crippen molar-refractivity contribution in [1.29, 1.82) is 0 Å². The third-order valence-corrected chi connectivity index (χ3v) is 5.12. The second-order valence-corrected chi connectivity index (χ2v) is 6.03. The van der Waals surface area contributed by atoms with Crippen molar-refractivity contribution in [3.63, 3.8) is 0 Å². The maximum absolute atomic E-state index is 5.93. The fourth-order valence-corrected chi connectivity index (χ4v) is 3.88. The minimum absolute atomic E-state index is 0.378. The first-order valence-electron chi connectivity index (χ1n) is 5.58. The van der Waals surface area contributed by atoms with E-state index in [4.69, 9.17) is 5.73 Å². The summed E-state index contributed by atoms with van der Waals surface area (Å²) in [4.78, 5) is 6.23. The number of hydrogen-bond donors (Lipinski definition) is 1. The van der Waals surface area contributed by atoms with Crippen molar-refractivity contribution in [2.75, 3.05) is 39.8 Å². The highest BCUT2D eigenvalue weighted by molar-refractivity contribution is 9.10. The molecule has 2 heterocycles. The molecular weight excluding hydrogens is 286 g/mol. The Balaban J connectivity index is 2.08. The fraction of sp³-hybridized carbons (Fsp3) is 0.636. The van der Waals surface area contributed by atoms with E-state index in [-0.39, 0.29) is 0 Å². The first-order chi connectivity index (χ1) is 7.72. The van der Waals surface area contributed by atoms with Crippen molar-refractivity contribution in [2.24, 2.45) is 5.73 Å². The summed E-state index contributed by atoms with van der Waals surface area (Å²) < 4.78 is 1.20. The number of nitrogens with two attached hydrogens (primary N) is 1. The standard InChI is InChI=1S/C11H18BrN3S/c1-14-3-5-15(6-4-14)10(8-13)11-9(12)2-7-16-11/h2,7,10H,3-6,8,13H2,1H3. The van der Waals surface area contributed by atoms with Crippen molar-refractivity contribution < 1.29 is 0 Å². The highest BCUT2D eigenvalue weighted by Gasteiger charge is 2.24. The summed E-state index contributed by atoms with van der Waals surface area (Å²) in [7, 11) is 2.18. The second kappa shape index (κ2) is 5.60. The molecule has 1 aliphatic heterocycles. The number of nitrogens with zero attached hydrogens (tertiary/aromatic N) is 2. The van der Waals surface area contributed by atoms with Gasteiger partial charge in [0, 0.05) is 42.1 Å². The summed E-state index contributed by atoms with van der Waals surface area (Å²) >= 11 is 5.40. The van der Waals surface area contributed by atoms with Crippen LogP contribution in [0.2, 0.25) is 0 Å². The topological polar surface area (TPSA) is 32.5 Å². The van der Waals surface area contributed by atoms with Crippen LogP contribution in [0.1, 0.15) is 10.9 Å². The Kier molecular flexibility index (Phi) is 4.38. The molecule has 1 fully saturated rings. The van der Waals surface area contributed by atoms with Crippen LogP contribution in [0.5, 0.6) is 0 Å². The molecule has 2 rings (SSSR count). The van der Waals surface area contributed by atoms with Gasteiger partial charge in [-0.05, 0) is 34.4 Å². The minimum atomic E-state index is 0.378. The molecule has 1 atom stereocenters. The predicted molar refractivity (Wildman–Crippen MR) is 72.9 cm³/mol. The van der Waals surface area contributed by atoms with E-state index in [1.807, 2.05) is 0 Å². The van der Waals surface area contributed by atoms with E-state index in [1.165, 1.54) is 9.35 Å². The van der Waals surface area contributed by atoms with Crippen LogP contribution in [0.15, 0.2) is 15.9 Å². The van der Waals surface area contributed by atoms with Crippen LogP contribution in [-0.2, 0) is 0 Å². The maximum Gasteiger partial charge on any atom is 0.0576 e. The normalized spacial score (nSPS) is 21.2. The van der Waals surface area contributed by atoms with E-state index >= 15 is 0 Å². The Morgan fingerprint density at radius 3 is 2.62 bits per heavy atom. The van der Waals surface area contributed by atoms with Gasteiger partial charge in [-0.15, -0.1) is 11.3 Å². The molecule has 0 aromatic carbocycles. The van der Waals surface area contributed by atoms with Crippen LogP contribution in [0, 0.1) is 0 Å². The van der Waals surface area contributed by atoms with Crippen molar-refractivity contribution in [2.45, 2.75) is 6.04 Å². The summed E-state index contributed by atoms with van der Waals surface area (Å²) in [5, 5.41) is 2.12. The highest BCUT2D eigenvalue weighted by atomic mass is 79.9. The van der Waals surface area contributed by atoms with Crippen LogP contribution in [-0.4, -0.2) is 49.6 Å². The average Bonchev–Trinajstić information content (AvgIpc) is 2.69. The van der Waals surface area contributed by atoms with Gasteiger partial charge in [0.1, 0.15) is 0 Å². The quantitative estimate of drug-likeness (QED) is 0.923. The zero-order valence-corrected chi connectivity index (χ0v) is 11.9. The van der Waals surface area contributed by atoms with Crippen LogP contribution < -0.4 is 5.73 Å². The number of thiophene rings is 1. The molecule has 5 heteroatoms. The van der Waals surface area contributed by atoms with E-state index in [0.29, 0.717) is 12.6 Å². The number of piperazine rings is 1.